The highest BCUT2D eigenvalue weighted by Gasteiger charge is 2.38. The molecule has 0 bridgehead atoms. The van der Waals surface area contributed by atoms with E-state index in [1.807, 2.05) is 44.2 Å². The molecule has 0 radical (unpaired) electrons. The molecule has 2 amide bonds. The number of imide groups is 1. The summed E-state index contributed by atoms with van der Waals surface area (Å²) in [4.78, 5) is 36.8. The van der Waals surface area contributed by atoms with Crippen LogP contribution in [0.3, 0.4) is 0 Å². The summed E-state index contributed by atoms with van der Waals surface area (Å²) in [6.07, 6.45) is 0. The highest BCUT2D eigenvalue weighted by Crippen LogP contribution is 2.28. The van der Waals surface area contributed by atoms with Crippen molar-refractivity contribution in [3.8, 4) is 0 Å². The quantitative estimate of drug-likeness (QED) is 0.456. The van der Waals surface area contributed by atoms with Crippen molar-refractivity contribution in [1.82, 2.24) is 4.90 Å². The van der Waals surface area contributed by atoms with Crippen LogP contribution in [0.5, 0.6) is 0 Å². The Bertz CT molecular complexity index is 650. The Hall–Kier alpha value is -1.98. The molecule has 0 aliphatic carbocycles. The Morgan fingerprint density at radius 2 is 1.38 bits per heavy atom. The Morgan fingerprint density at radius 3 is 1.88 bits per heavy atom. The van der Waals surface area contributed by atoms with Crippen LogP contribution in [0.1, 0.15) is 47.1 Å². The van der Waals surface area contributed by atoms with Gasteiger partial charge in [0.1, 0.15) is 11.2 Å². The van der Waals surface area contributed by atoms with E-state index in [1.54, 1.807) is 27.7 Å². The van der Waals surface area contributed by atoms with E-state index in [4.69, 9.17) is 9.78 Å². The monoisotopic (exact) mass is 331 g/mol. The molecule has 130 valence electrons. The number of benzene rings is 1. The Balaban J connectivity index is 2.02. The van der Waals surface area contributed by atoms with E-state index in [0.29, 0.717) is 11.1 Å². The van der Waals surface area contributed by atoms with Crippen LogP contribution in [0, 0.1) is 0 Å². The summed E-state index contributed by atoms with van der Waals surface area (Å²) in [7, 11) is 0. The zero-order valence-corrected chi connectivity index (χ0v) is 15.2. The Kier molecular flexibility index (Phi) is 4.97. The van der Waals surface area contributed by atoms with E-state index in [9.17, 15) is 9.59 Å². The third kappa shape index (κ3) is 3.74. The highest BCUT2D eigenvalue weighted by atomic mass is 17.2. The minimum absolute atomic E-state index is 0.129. The van der Waals surface area contributed by atoms with Gasteiger partial charge in [0.2, 0.25) is 0 Å². The number of nitrogens with zero attached hydrogens (tertiary/aromatic N) is 1. The van der Waals surface area contributed by atoms with Crippen LogP contribution >= 0.6 is 0 Å². The predicted molar refractivity (Wildman–Crippen MR) is 90.8 cm³/mol. The lowest BCUT2D eigenvalue weighted by molar-refractivity contribution is -0.405. The van der Waals surface area contributed by atoms with Crippen LogP contribution in [0.25, 0.3) is 0 Å². The number of rotatable bonds is 6. The molecule has 0 atom stereocenters. The van der Waals surface area contributed by atoms with Crippen molar-refractivity contribution in [3.63, 3.8) is 0 Å². The number of amides is 2. The zero-order valence-electron chi connectivity index (χ0n) is 15.2. The second kappa shape index (κ2) is 6.49. The van der Waals surface area contributed by atoms with Gasteiger partial charge in [0.25, 0.3) is 11.8 Å². The largest absolute Gasteiger partial charge is 0.272 e. The lowest BCUT2D eigenvalue weighted by Crippen LogP contribution is -2.45. The summed E-state index contributed by atoms with van der Waals surface area (Å²) in [6.45, 7) is 10.8. The molecule has 1 aliphatic heterocycles. The van der Waals surface area contributed by atoms with Gasteiger partial charge < -0.3 is 0 Å². The van der Waals surface area contributed by atoms with Gasteiger partial charge in [-0.05, 0) is 47.1 Å². The van der Waals surface area contributed by atoms with Crippen molar-refractivity contribution in [3.05, 3.63) is 47.0 Å². The van der Waals surface area contributed by atoms with E-state index in [1.165, 1.54) is 4.90 Å². The first-order valence-electron chi connectivity index (χ1n) is 8.01. The maximum absolute atomic E-state index is 12.2. The van der Waals surface area contributed by atoms with Gasteiger partial charge in [0, 0.05) is 11.1 Å². The summed E-state index contributed by atoms with van der Waals surface area (Å²) < 4.78 is 0. The average molecular weight is 331 g/mol. The maximum Gasteiger partial charge on any atom is 0.256 e. The van der Waals surface area contributed by atoms with Gasteiger partial charge in [0.05, 0.1) is 6.54 Å². The Morgan fingerprint density at radius 1 is 0.875 bits per heavy atom. The smallest absolute Gasteiger partial charge is 0.256 e. The number of carbonyl (C=O) groups excluding carboxylic acids is 2. The fourth-order valence-corrected chi connectivity index (χ4v) is 2.47. The molecule has 0 saturated heterocycles. The molecule has 1 heterocycles. The first kappa shape index (κ1) is 18.4. The van der Waals surface area contributed by atoms with Gasteiger partial charge in [-0.25, -0.2) is 9.78 Å². The van der Waals surface area contributed by atoms with E-state index in [2.05, 4.69) is 0 Å². The molecule has 24 heavy (non-hydrogen) atoms. The van der Waals surface area contributed by atoms with Gasteiger partial charge in [-0.1, -0.05) is 30.3 Å². The normalized spacial score (nSPS) is 16.3. The van der Waals surface area contributed by atoms with Crippen LogP contribution in [0.2, 0.25) is 0 Å². The SMILES string of the molecule is CC1=C(C)C(=O)N(CC(C)(C)OOC(C)(C)c2ccccc2)C1=O. The summed E-state index contributed by atoms with van der Waals surface area (Å²) in [5, 5.41) is 0. The minimum Gasteiger partial charge on any atom is -0.272 e. The molecule has 5 heteroatoms. The standard InChI is InChI=1S/C19H25NO4/c1-13-14(2)17(22)20(16(13)21)12-18(3,4)23-24-19(5,6)15-10-8-7-9-11-15/h7-11H,12H2,1-6H3. The fourth-order valence-electron chi connectivity index (χ4n) is 2.47. The van der Waals surface area contributed by atoms with Gasteiger partial charge in [-0.15, -0.1) is 0 Å². The molecule has 0 unspecified atom stereocenters. The third-order valence-electron chi connectivity index (χ3n) is 4.18. The minimum atomic E-state index is -0.831. The van der Waals surface area contributed by atoms with E-state index in [0.717, 1.165) is 5.56 Å². The molecule has 0 N–H and O–H groups in total. The van der Waals surface area contributed by atoms with Crippen molar-refractivity contribution < 1.29 is 19.4 Å². The van der Waals surface area contributed by atoms with Crippen LogP contribution in [0.4, 0.5) is 0 Å². The molecular weight excluding hydrogens is 306 g/mol. The lowest BCUT2D eigenvalue weighted by Gasteiger charge is -2.33. The Labute approximate surface area is 143 Å². The first-order valence-corrected chi connectivity index (χ1v) is 8.01. The average Bonchev–Trinajstić information content (AvgIpc) is 2.72. The number of hydrogen-bond donors (Lipinski definition) is 0. The van der Waals surface area contributed by atoms with E-state index < -0.39 is 11.2 Å². The van der Waals surface area contributed by atoms with Gasteiger partial charge in [0.15, 0.2) is 0 Å². The zero-order chi connectivity index (χ0) is 18.1. The predicted octanol–water partition coefficient (Wildman–Crippen LogP) is 3.35. The fraction of sp³-hybridized carbons (Fsp3) is 0.474. The number of carbonyl (C=O) groups is 2. The molecule has 0 aromatic heterocycles. The molecule has 2 rings (SSSR count). The van der Waals surface area contributed by atoms with E-state index in [-0.39, 0.29) is 18.4 Å². The second-order valence-corrected chi connectivity index (χ2v) is 7.25. The molecule has 5 nitrogen and oxygen atoms in total. The maximum atomic E-state index is 12.2. The van der Waals surface area contributed by atoms with Crippen LogP contribution in [-0.4, -0.2) is 28.9 Å². The third-order valence-corrected chi connectivity index (χ3v) is 4.18. The van der Waals surface area contributed by atoms with Gasteiger partial charge in [-0.3, -0.25) is 14.5 Å². The van der Waals surface area contributed by atoms with E-state index >= 15 is 0 Å². The van der Waals surface area contributed by atoms with Gasteiger partial charge in [-0.2, -0.15) is 0 Å². The molecule has 1 aromatic carbocycles. The highest BCUT2D eigenvalue weighted by molar-refractivity contribution is 6.18. The molecule has 0 spiro atoms. The van der Waals surface area contributed by atoms with Gasteiger partial charge >= 0.3 is 0 Å². The summed E-state index contributed by atoms with van der Waals surface area (Å²) in [5.74, 6) is -0.534. The first-order chi connectivity index (χ1) is 11.1. The van der Waals surface area contributed by atoms with Crippen molar-refractivity contribution in [1.29, 1.82) is 0 Å². The molecule has 1 aromatic rings. The van der Waals surface area contributed by atoms with Crippen molar-refractivity contribution in [2.24, 2.45) is 0 Å². The summed E-state index contributed by atoms with van der Waals surface area (Å²) in [5.41, 5.74) is 0.467. The van der Waals surface area contributed by atoms with Crippen molar-refractivity contribution >= 4 is 11.8 Å². The molecule has 0 fully saturated rings. The molecule has 0 saturated carbocycles. The van der Waals surface area contributed by atoms with Crippen LogP contribution in [0.15, 0.2) is 41.5 Å². The second-order valence-electron chi connectivity index (χ2n) is 7.25. The number of hydrogen-bond acceptors (Lipinski definition) is 4. The summed E-state index contributed by atoms with van der Waals surface area (Å²) >= 11 is 0. The van der Waals surface area contributed by atoms with Crippen molar-refractivity contribution in [2.45, 2.75) is 52.7 Å². The van der Waals surface area contributed by atoms with Crippen molar-refractivity contribution in [2.75, 3.05) is 6.54 Å². The summed E-state index contributed by atoms with van der Waals surface area (Å²) in [6, 6.07) is 9.72. The molecule has 1 aliphatic rings. The topological polar surface area (TPSA) is 55.8 Å². The van der Waals surface area contributed by atoms with Crippen LogP contribution in [-0.2, 0) is 25.0 Å². The lowest BCUT2D eigenvalue weighted by atomic mass is 9.99. The van der Waals surface area contributed by atoms with Crippen LogP contribution < -0.4 is 0 Å². The molecular formula is C19H25NO4.